The number of hydrogen-bond donors (Lipinski definition) is 3. The number of nitrogens with zero attached hydrogens (tertiary/aromatic N) is 1. The summed E-state index contributed by atoms with van der Waals surface area (Å²) < 4.78 is 0. The number of benzene rings is 1. The molecule has 70 valence electrons. The summed E-state index contributed by atoms with van der Waals surface area (Å²) in [5.74, 6) is 0.000697. The van der Waals surface area contributed by atoms with E-state index in [1.807, 2.05) is 6.07 Å². The van der Waals surface area contributed by atoms with Crippen LogP contribution in [0.1, 0.15) is 5.69 Å². The molecule has 0 atom stereocenters. The molecule has 0 saturated heterocycles. The van der Waals surface area contributed by atoms with Gasteiger partial charge in [-0.15, -0.1) is 0 Å². The third-order valence-electron chi connectivity index (χ3n) is 1.97. The van der Waals surface area contributed by atoms with Crippen molar-refractivity contribution in [3.63, 3.8) is 0 Å². The van der Waals surface area contributed by atoms with Gasteiger partial charge in [-0.2, -0.15) is 0 Å². The molecular weight excluding hydrogens is 178 g/mol. The Morgan fingerprint density at radius 2 is 2.07 bits per heavy atom. The van der Waals surface area contributed by atoms with E-state index in [-0.39, 0.29) is 11.6 Å². The van der Waals surface area contributed by atoms with Crippen LogP contribution in [0.4, 0.5) is 0 Å². The second-order valence-electron chi connectivity index (χ2n) is 2.96. The van der Waals surface area contributed by atoms with E-state index in [2.05, 4.69) is 4.98 Å². The van der Waals surface area contributed by atoms with Crippen LogP contribution in [-0.2, 0) is 0 Å². The molecule has 0 aliphatic carbocycles. The molecule has 0 bridgehead atoms. The molecular formula is C10H9N3O. The highest BCUT2D eigenvalue weighted by molar-refractivity contribution is 5.96. The van der Waals surface area contributed by atoms with Gasteiger partial charge in [0.1, 0.15) is 22.8 Å². The number of fused-ring (bicyclic) bond motifs is 1. The van der Waals surface area contributed by atoms with Crippen molar-refractivity contribution in [1.82, 2.24) is 4.98 Å². The maximum atomic E-state index is 9.50. The predicted octanol–water partition coefficient (Wildman–Crippen LogP) is 1.22. The van der Waals surface area contributed by atoms with Gasteiger partial charge < -0.3 is 10.8 Å². The molecule has 4 N–H and O–H groups in total. The van der Waals surface area contributed by atoms with Gasteiger partial charge in [0.25, 0.3) is 0 Å². The molecule has 2 rings (SSSR count). The Hall–Kier alpha value is -2.10. The minimum absolute atomic E-state index is 0.102. The number of aromatic nitrogens is 1. The minimum Gasteiger partial charge on any atom is -0.506 e. The maximum absolute atomic E-state index is 9.50. The fraction of sp³-hybridized carbons (Fsp3) is 0. The van der Waals surface area contributed by atoms with Crippen LogP contribution < -0.4 is 5.73 Å². The summed E-state index contributed by atoms with van der Waals surface area (Å²) in [6, 6.07) is 8.57. The summed E-state index contributed by atoms with van der Waals surface area (Å²) >= 11 is 0. The first-order chi connectivity index (χ1) is 6.68. The summed E-state index contributed by atoms with van der Waals surface area (Å²) in [5.41, 5.74) is 6.14. The van der Waals surface area contributed by atoms with E-state index in [0.717, 1.165) is 5.39 Å². The highest BCUT2D eigenvalue weighted by Gasteiger charge is 2.03. The summed E-state index contributed by atoms with van der Waals surface area (Å²) in [6.07, 6.45) is 0. The Balaban J connectivity index is 2.76. The number of nitrogens with two attached hydrogens (primary N) is 1. The van der Waals surface area contributed by atoms with Crippen LogP contribution in [0.15, 0.2) is 30.3 Å². The lowest BCUT2D eigenvalue weighted by Gasteiger charge is -2.02. The van der Waals surface area contributed by atoms with E-state index in [0.29, 0.717) is 11.2 Å². The maximum Gasteiger partial charge on any atom is 0.141 e. The number of pyridine rings is 1. The molecule has 0 unspecified atom stereocenters. The molecule has 1 aromatic carbocycles. The Morgan fingerprint density at radius 1 is 1.29 bits per heavy atom. The third-order valence-corrected chi connectivity index (χ3v) is 1.97. The molecule has 1 heterocycles. The number of amidine groups is 1. The molecule has 4 nitrogen and oxygen atoms in total. The highest BCUT2D eigenvalue weighted by Crippen LogP contribution is 2.21. The average molecular weight is 187 g/mol. The zero-order valence-corrected chi connectivity index (χ0v) is 7.36. The van der Waals surface area contributed by atoms with E-state index < -0.39 is 0 Å². The lowest BCUT2D eigenvalue weighted by Crippen LogP contribution is -2.12. The molecule has 4 heteroatoms. The Kier molecular flexibility index (Phi) is 1.81. The van der Waals surface area contributed by atoms with Gasteiger partial charge in [-0.25, -0.2) is 4.98 Å². The Bertz CT molecular complexity index is 508. The van der Waals surface area contributed by atoms with Crippen LogP contribution in [-0.4, -0.2) is 15.9 Å². The second kappa shape index (κ2) is 2.99. The molecule has 0 saturated carbocycles. The van der Waals surface area contributed by atoms with Crippen LogP contribution in [0, 0.1) is 5.41 Å². The fourth-order valence-electron chi connectivity index (χ4n) is 1.28. The van der Waals surface area contributed by atoms with Gasteiger partial charge in [-0.3, -0.25) is 5.41 Å². The Labute approximate surface area is 80.5 Å². The number of hydrogen-bond acceptors (Lipinski definition) is 3. The lowest BCUT2D eigenvalue weighted by molar-refractivity contribution is 0.480. The quantitative estimate of drug-likeness (QED) is 0.463. The summed E-state index contributed by atoms with van der Waals surface area (Å²) in [4.78, 5) is 4.07. The summed E-state index contributed by atoms with van der Waals surface area (Å²) in [7, 11) is 0. The first-order valence-corrected chi connectivity index (χ1v) is 4.11. The molecule has 14 heavy (non-hydrogen) atoms. The Morgan fingerprint density at radius 3 is 2.79 bits per heavy atom. The van der Waals surface area contributed by atoms with Gasteiger partial charge in [0.05, 0.1) is 0 Å². The zero-order valence-electron chi connectivity index (χ0n) is 7.36. The van der Waals surface area contributed by atoms with Gasteiger partial charge in [0.2, 0.25) is 0 Å². The van der Waals surface area contributed by atoms with Crippen molar-refractivity contribution in [2.75, 3.05) is 0 Å². The molecule has 0 radical (unpaired) electrons. The van der Waals surface area contributed by atoms with E-state index in [1.54, 1.807) is 24.3 Å². The predicted molar refractivity (Wildman–Crippen MR) is 54.4 cm³/mol. The number of para-hydroxylation sites is 1. The molecule has 0 aliphatic rings. The smallest absolute Gasteiger partial charge is 0.141 e. The standard InChI is InChI=1S/C10H9N3O/c11-10(12)7-5-4-6-2-1-3-8(14)9(6)13-7/h1-5,14H,(H3,11,12). The molecule has 0 spiro atoms. The van der Waals surface area contributed by atoms with Gasteiger partial charge >= 0.3 is 0 Å². The largest absolute Gasteiger partial charge is 0.506 e. The van der Waals surface area contributed by atoms with Gasteiger partial charge in [-0.05, 0) is 12.1 Å². The van der Waals surface area contributed by atoms with Crippen molar-refractivity contribution in [3.8, 4) is 5.75 Å². The van der Waals surface area contributed by atoms with Crippen LogP contribution in [0.2, 0.25) is 0 Å². The van der Waals surface area contributed by atoms with Crippen molar-refractivity contribution in [3.05, 3.63) is 36.0 Å². The number of rotatable bonds is 1. The lowest BCUT2D eigenvalue weighted by atomic mass is 10.2. The zero-order chi connectivity index (χ0) is 10.1. The molecule has 1 aromatic heterocycles. The highest BCUT2D eigenvalue weighted by atomic mass is 16.3. The van der Waals surface area contributed by atoms with Crippen LogP contribution in [0.5, 0.6) is 5.75 Å². The van der Waals surface area contributed by atoms with Crippen LogP contribution in [0.25, 0.3) is 10.9 Å². The number of nitrogen functional groups attached to an aromatic ring is 1. The number of phenols is 1. The van der Waals surface area contributed by atoms with E-state index in [1.165, 1.54) is 0 Å². The molecule has 2 aromatic rings. The molecule has 0 fully saturated rings. The van der Waals surface area contributed by atoms with Crippen molar-refractivity contribution in [2.45, 2.75) is 0 Å². The minimum atomic E-state index is -0.102. The van der Waals surface area contributed by atoms with E-state index in [9.17, 15) is 5.11 Å². The van der Waals surface area contributed by atoms with Gasteiger partial charge in [0.15, 0.2) is 0 Å². The van der Waals surface area contributed by atoms with Crippen molar-refractivity contribution >= 4 is 16.7 Å². The average Bonchev–Trinajstić information content (AvgIpc) is 2.18. The van der Waals surface area contributed by atoms with Crippen LogP contribution in [0.3, 0.4) is 0 Å². The van der Waals surface area contributed by atoms with Gasteiger partial charge in [0, 0.05) is 5.39 Å². The van der Waals surface area contributed by atoms with Crippen molar-refractivity contribution < 1.29 is 5.11 Å². The topological polar surface area (TPSA) is 83.0 Å². The third kappa shape index (κ3) is 1.26. The van der Waals surface area contributed by atoms with Crippen LogP contribution >= 0.6 is 0 Å². The summed E-state index contributed by atoms with van der Waals surface area (Å²) in [5, 5.41) is 17.5. The van der Waals surface area contributed by atoms with E-state index in [4.69, 9.17) is 11.1 Å². The first kappa shape index (κ1) is 8.50. The normalized spacial score (nSPS) is 10.3. The van der Waals surface area contributed by atoms with Crippen molar-refractivity contribution in [1.29, 1.82) is 5.41 Å². The van der Waals surface area contributed by atoms with Crippen molar-refractivity contribution in [2.24, 2.45) is 5.73 Å². The number of aromatic hydroxyl groups is 1. The van der Waals surface area contributed by atoms with Gasteiger partial charge in [-0.1, -0.05) is 18.2 Å². The summed E-state index contributed by atoms with van der Waals surface area (Å²) in [6.45, 7) is 0. The second-order valence-corrected chi connectivity index (χ2v) is 2.96. The van der Waals surface area contributed by atoms with E-state index >= 15 is 0 Å². The fourth-order valence-corrected chi connectivity index (χ4v) is 1.28. The monoisotopic (exact) mass is 187 g/mol. The SMILES string of the molecule is N=C(N)c1ccc2cccc(O)c2n1. The number of phenolic OH excluding ortho intramolecular Hbond substituents is 1. The first-order valence-electron chi connectivity index (χ1n) is 4.11. The molecule has 0 amide bonds. The molecule has 0 aliphatic heterocycles. The number of nitrogens with one attached hydrogen (secondary N) is 1.